The van der Waals surface area contributed by atoms with E-state index in [1.165, 1.54) is 0 Å². The molecule has 0 radical (unpaired) electrons. The van der Waals surface area contributed by atoms with Crippen LogP contribution in [-0.4, -0.2) is 92.3 Å². The van der Waals surface area contributed by atoms with Gasteiger partial charge in [0.25, 0.3) is 0 Å². The number of carbonyl (C=O) groups is 8. The van der Waals surface area contributed by atoms with Crippen LogP contribution in [0.1, 0.15) is 221 Å². The lowest BCUT2D eigenvalue weighted by atomic mass is 9.83. The molecule has 0 saturated heterocycles. The van der Waals surface area contributed by atoms with Crippen LogP contribution in [0.5, 0.6) is 0 Å². The van der Waals surface area contributed by atoms with Gasteiger partial charge in [-0.15, -0.1) is 0 Å². The third-order valence-electron chi connectivity index (χ3n) is 8.98. The number of amides is 2. The maximum Gasteiger partial charge on any atom is 0.306 e. The highest BCUT2D eigenvalue weighted by atomic mass is 16.6. The molecular weight excluding hydrogens is 841 g/mol. The van der Waals surface area contributed by atoms with E-state index in [0.717, 1.165) is 0 Å². The van der Waals surface area contributed by atoms with E-state index in [0.29, 0.717) is 0 Å². The van der Waals surface area contributed by atoms with Gasteiger partial charge in [0.2, 0.25) is 11.8 Å². The van der Waals surface area contributed by atoms with E-state index < -0.39 is 92.3 Å². The van der Waals surface area contributed by atoms with Crippen molar-refractivity contribution in [3.8, 4) is 0 Å². The Balaban J connectivity index is 6.69. The fraction of sp³-hybridized carbons (Fsp3) is 0.837. The second kappa shape index (κ2) is 25.0. The van der Waals surface area contributed by atoms with Gasteiger partial charge in [-0.1, -0.05) is 0 Å². The van der Waals surface area contributed by atoms with Crippen molar-refractivity contribution >= 4 is 47.6 Å². The Morgan fingerprint density at radius 1 is 0.277 bits per heavy atom. The van der Waals surface area contributed by atoms with Crippen LogP contribution in [0, 0.1) is 0 Å². The molecule has 0 fully saturated rings. The molecule has 0 saturated carbocycles. The lowest BCUT2D eigenvalue weighted by Gasteiger charge is -2.36. The Morgan fingerprint density at radius 2 is 0.431 bits per heavy atom. The lowest BCUT2D eigenvalue weighted by molar-refractivity contribution is -0.158. The van der Waals surface area contributed by atoms with E-state index in [9.17, 15) is 38.4 Å². The predicted molar refractivity (Wildman–Crippen MR) is 246 cm³/mol. The molecule has 2 N–H and O–H groups in total. The van der Waals surface area contributed by atoms with Gasteiger partial charge in [0.15, 0.2) is 0 Å². The second-order valence-electron chi connectivity index (χ2n) is 23.0. The normalized spacial score (nSPS) is 13.0. The van der Waals surface area contributed by atoms with Gasteiger partial charge in [-0.05, 0) is 170 Å². The zero-order chi connectivity index (χ0) is 50.9. The molecule has 16 nitrogen and oxygen atoms in total. The Morgan fingerprint density at radius 3 is 0.569 bits per heavy atom. The summed E-state index contributed by atoms with van der Waals surface area (Å²) in [7, 11) is 0. The standard InChI is InChI=1S/C49H86N2O14/c1-42(2,3)60-36(54)22-28-48(29-23-37(55)61-43(4,5)6,30-24-38(56)62-44(7,8)9)50-34(52)20-19-21-35(53)51-49(31-25-39(57)63-45(10,11)12,32-26-40(58)64-46(13,14)15)33-27-41(59)65-47(16,17)18/h19-33H2,1-18H3,(H,50,52)(H,51,53). The largest absolute Gasteiger partial charge is 0.460 e. The van der Waals surface area contributed by atoms with E-state index in [4.69, 9.17) is 28.4 Å². The van der Waals surface area contributed by atoms with E-state index in [-0.39, 0.29) is 96.3 Å². The van der Waals surface area contributed by atoms with Gasteiger partial charge >= 0.3 is 35.8 Å². The second-order valence-corrected chi connectivity index (χ2v) is 23.0. The molecular formula is C49H86N2O14. The molecule has 65 heavy (non-hydrogen) atoms. The first-order valence-electron chi connectivity index (χ1n) is 23.0. The summed E-state index contributed by atoms with van der Waals surface area (Å²) in [5.41, 5.74) is -7.21. The van der Waals surface area contributed by atoms with E-state index >= 15 is 0 Å². The molecule has 16 heteroatoms. The molecule has 0 heterocycles. The zero-order valence-corrected chi connectivity index (χ0v) is 43.3. The quantitative estimate of drug-likeness (QED) is 0.0685. The summed E-state index contributed by atoms with van der Waals surface area (Å²) >= 11 is 0. The van der Waals surface area contributed by atoms with Crippen molar-refractivity contribution in [1.82, 2.24) is 10.6 Å². The minimum Gasteiger partial charge on any atom is -0.460 e. The van der Waals surface area contributed by atoms with Crippen LogP contribution in [0.25, 0.3) is 0 Å². The molecule has 0 aliphatic rings. The first-order chi connectivity index (χ1) is 29.1. The van der Waals surface area contributed by atoms with Crippen LogP contribution >= 0.6 is 0 Å². The van der Waals surface area contributed by atoms with E-state index in [1.807, 2.05) is 0 Å². The summed E-state index contributed by atoms with van der Waals surface area (Å²) in [6, 6.07) is 0. The third kappa shape index (κ3) is 33.0. The van der Waals surface area contributed by atoms with E-state index in [1.54, 1.807) is 125 Å². The van der Waals surface area contributed by atoms with Crippen molar-refractivity contribution in [2.24, 2.45) is 0 Å². The average molecular weight is 927 g/mol. The van der Waals surface area contributed by atoms with Gasteiger partial charge in [0, 0.05) is 62.4 Å². The minimum absolute atomic E-state index is 0.0230. The Labute approximate surface area is 389 Å². The molecule has 0 aliphatic heterocycles. The van der Waals surface area contributed by atoms with Crippen LogP contribution < -0.4 is 10.6 Å². The summed E-state index contributed by atoms with van der Waals surface area (Å²) < 4.78 is 33.3. The molecule has 0 rings (SSSR count). The number of ether oxygens (including phenoxy) is 6. The van der Waals surface area contributed by atoms with Crippen molar-refractivity contribution in [3.63, 3.8) is 0 Å². The highest BCUT2D eigenvalue weighted by molar-refractivity contribution is 5.81. The number of hydrogen-bond acceptors (Lipinski definition) is 14. The molecule has 0 bridgehead atoms. The molecule has 0 aromatic rings. The molecule has 0 aromatic carbocycles. The smallest absolute Gasteiger partial charge is 0.306 e. The Hall–Kier alpha value is -4.24. The van der Waals surface area contributed by atoms with Crippen LogP contribution in [-0.2, 0) is 66.8 Å². The van der Waals surface area contributed by atoms with Crippen LogP contribution in [0.3, 0.4) is 0 Å². The van der Waals surface area contributed by atoms with Gasteiger partial charge < -0.3 is 39.1 Å². The van der Waals surface area contributed by atoms with Crippen LogP contribution in [0.4, 0.5) is 0 Å². The van der Waals surface area contributed by atoms with Gasteiger partial charge in [-0.3, -0.25) is 38.4 Å². The average Bonchev–Trinajstić information content (AvgIpc) is 3.05. The fourth-order valence-electron chi connectivity index (χ4n) is 6.65. The Kier molecular flexibility index (Phi) is 23.4. The molecule has 2 amide bonds. The number of carbonyl (C=O) groups excluding carboxylic acids is 8. The maximum atomic E-state index is 13.9. The van der Waals surface area contributed by atoms with Gasteiger partial charge in [-0.25, -0.2) is 0 Å². The number of nitrogens with one attached hydrogen (secondary N) is 2. The monoisotopic (exact) mass is 927 g/mol. The molecule has 0 aliphatic carbocycles. The summed E-state index contributed by atoms with van der Waals surface area (Å²) in [4.78, 5) is 106. The summed E-state index contributed by atoms with van der Waals surface area (Å²) in [5, 5.41) is 6.03. The third-order valence-corrected chi connectivity index (χ3v) is 8.98. The molecule has 0 unspecified atom stereocenters. The first-order valence-corrected chi connectivity index (χ1v) is 23.0. The van der Waals surface area contributed by atoms with Crippen molar-refractivity contribution in [1.29, 1.82) is 0 Å². The van der Waals surface area contributed by atoms with Crippen LogP contribution in [0.2, 0.25) is 0 Å². The highest BCUT2D eigenvalue weighted by Crippen LogP contribution is 2.31. The molecule has 0 spiro atoms. The molecule has 376 valence electrons. The summed E-state index contributed by atoms with van der Waals surface area (Å²) in [6.07, 6.45) is -0.983. The molecule has 0 atom stereocenters. The SMILES string of the molecule is CC(C)(C)OC(=O)CCC(CCC(=O)OC(C)(C)C)(CCC(=O)OC(C)(C)C)NC(=O)CCCC(=O)NC(CCC(=O)OC(C)(C)C)(CCC(=O)OC(C)(C)C)CCC(=O)OC(C)(C)C. The van der Waals surface area contributed by atoms with Gasteiger partial charge in [-0.2, -0.15) is 0 Å². The zero-order valence-electron chi connectivity index (χ0n) is 43.3. The predicted octanol–water partition coefficient (Wildman–Crippen LogP) is 8.60. The summed E-state index contributed by atoms with van der Waals surface area (Å²) in [6.45, 7) is 31.1. The molecule has 0 aromatic heterocycles. The van der Waals surface area contributed by atoms with Gasteiger partial charge in [0.1, 0.15) is 33.6 Å². The van der Waals surface area contributed by atoms with Crippen molar-refractivity contribution in [3.05, 3.63) is 0 Å². The number of esters is 6. The lowest BCUT2D eigenvalue weighted by Crippen LogP contribution is -2.50. The highest BCUT2D eigenvalue weighted by Gasteiger charge is 2.38. The minimum atomic E-state index is -1.26. The first kappa shape index (κ1) is 60.8. The van der Waals surface area contributed by atoms with Crippen molar-refractivity contribution in [2.75, 3.05) is 0 Å². The van der Waals surface area contributed by atoms with Gasteiger partial charge in [0.05, 0.1) is 0 Å². The van der Waals surface area contributed by atoms with Crippen molar-refractivity contribution in [2.45, 2.75) is 266 Å². The van der Waals surface area contributed by atoms with Crippen LogP contribution in [0.15, 0.2) is 0 Å². The topological polar surface area (TPSA) is 216 Å². The Bertz CT molecular complexity index is 1330. The van der Waals surface area contributed by atoms with Crippen molar-refractivity contribution < 1.29 is 66.8 Å². The number of rotatable bonds is 24. The number of hydrogen-bond donors (Lipinski definition) is 2. The fourth-order valence-corrected chi connectivity index (χ4v) is 6.65. The maximum absolute atomic E-state index is 13.9. The van der Waals surface area contributed by atoms with E-state index in [2.05, 4.69) is 10.6 Å². The summed E-state index contributed by atoms with van der Waals surface area (Å²) in [5.74, 6) is -4.19.